The zero-order chi connectivity index (χ0) is 15.8. The predicted octanol–water partition coefficient (Wildman–Crippen LogP) is 3.42. The Bertz CT molecular complexity index is 544. The average molecular weight is 314 g/mol. The fraction of sp³-hybridized carbons (Fsp3) is 0.429. The Morgan fingerprint density at radius 3 is 2.67 bits per heavy atom. The molecule has 0 N–H and O–H groups in total. The second-order valence-electron chi connectivity index (χ2n) is 4.57. The minimum atomic E-state index is -0.609. The van der Waals surface area contributed by atoms with Crippen LogP contribution in [-0.2, 0) is 4.79 Å². The molecule has 1 rings (SSSR count). The van der Waals surface area contributed by atoms with E-state index < -0.39 is 4.92 Å². The van der Waals surface area contributed by atoms with E-state index in [1.54, 1.807) is 6.92 Å². The third kappa shape index (κ3) is 5.51. The van der Waals surface area contributed by atoms with Crippen molar-refractivity contribution >= 4 is 28.8 Å². The summed E-state index contributed by atoms with van der Waals surface area (Å²) in [6.07, 6.45) is 2.98. The SMILES string of the molecule is Cc1cc(C=O)c([N+](=O)[O-])cc1OCCCCCC(=O)Cl. The van der Waals surface area contributed by atoms with Crippen molar-refractivity contribution in [2.75, 3.05) is 6.61 Å². The van der Waals surface area contributed by atoms with Gasteiger partial charge in [-0.15, -0.1) is 0 Å². The number of nitrogens with zero attached hydrogens (tertiary/aromatic N) is 1. The first-order chi connectivity index (χ1) is 9.95. The lowest BCUT2D eigenvalue weighted by molar-refractivity contribution is -0.385. The second kappa shape index (κ2) is 8.36. The maximum Gasteiger partial charge on any atom is 0.283 e. The molecule has 0 aliphatic heterocycles. The summed E-state index contributed by atoms with van der Waals surface area (Å²) in [6.45, 7) is 2.10. The van der Waals surface area contributed by atoms with Gasteiger partial charge in [-0.25, -0.2) is 0 Å². The molecule has 0 aliphatic rings. The van der Waals surface area contributed by atoms with E-state index in [1.165, 1.54) is 12.1 Å². The molecule has 0 heterocycles. The minimum Gasteiger partial charge on any atom is -0.493 e. The van der Waals surface area contributed by atoms with Crippen LogP contribution in [0.25, 0.3) is 0 Å². The summed E-state index contributed by atoms with van der Waals surface area (Å²) in [4.78, 5) is 31.6. The summed E-state index contributed by atoms with van der Waals surface area (Å²) < 4.78 is 5.50. The highest BCUT2D eigenvalue weighted by molar-refractivity contribution is 6.63. The highest BCUT2D eigenvalue weighted by atomic mass is 35.5. The van der Waals surface area contributed by atoms with Gasteiger partial charge in [0.1, 0.15) is 5.75 Å². The number of rotatable bonds is 9. The van der Waals surface area contributed by atoms with Crippen LogP contribution >= 0.6 is 11.6 Å². The van der Waals surface area contributed by atoms with Gasteiger partial charge in [-0.1, -0.05) is 0 Å². The second-order valence-corrected chi connectivity index (χ2v) is 4.99. The summed E-state index contributed by atoms with van der Waals surface area (Å²) in [5.74, 6) is 0.390. The molecule has 0 spiro atoms. The number of nitro groups is 1. The minimum absolute atomic E-state index is 0.0328. The third-order valence-corrected chi connectivity index (χ3v) is 3.11. The predicted molar refractivity (Wildman–Crippen MR) is 78.0 cm³/mol. The quantitative estimate of drug-likeness (QED) is 0.229. The molecule has 0 amide bonds. The molecule has 0 aromatic heterocycles. The van der Waals surface area contributed by atoms with Gasteiger partial charge < -0.3 is 4.74 Å². The van der Waals surface area contributed by atoms with E-state index in [9.17, 15) is 19.7 Å². The smallest absolute Gasteiger partial charge is 0.283 e. The van der Waals surface area contributed by atoms with Crippen LogP contribution in [0.5, 0.6) is 5.75 Å². The number of ether oxygens (including phenoxy) is 1. The number of carbonyl (C=O) groups is 2. The van der Waals surface area contributed by atoms with Crippen LogP contribution in [0.4, 0.5) is 5.69 Å². The van der Waals surface area contributed by atoms with Crippen LogP contribution in [0.15, 0.2) is 12.1 Å². The summed E-state index contributed by atoms with van der Waals surface area (Å²) in [5, 5.41) is 10.5. The molecule has 0 saturated heterocycles. The molecule has 1 aromatic carbocycles. The highest BCUT2D eigenvalue weighted by Crippen LogP contribution is 2.27. The maximum absolute atomic E-state index is 10.9. The Morgan fingerprint density at radius 2 is 2.10 bits per heavy atom. The number of carbonyl (C=O) groups excluding carboxylic acids is 2. The van der Waals surface area contributed by atoms with Crippen LogP contribution < -0.4 is 4.74 Å². The number of nitro benzene ring substituents is 1. The molecule has 6 nitrogen and oxygen atoms in total. The van der Waals surface area contributed by atoms with E-state index in [2.05, 4.69) is 0 Å². The van der Waals surface area contributed by atoms with Crippen molar-refractivity contribution in [1.29, 1.82) is 0 Å². The van der Waals surface area contributed by atoms with E-state index in [-0.39, 0.29) is 16.5 Å². The number of hydrogen-bond acceptors (Lipinski definition) is 5. The first-order valence-electron chi connectivity index (χ1n) is 6.51. The standard InChI is InChI=1S/C14H16ClNO5/c1-10-7-11(9-17)12(16(19)20)8-13(10)21-6-4-2-3-5-14(15)18/h7-9H,2-6H2,1H3. The molecule has 21 heavy (non-hydrogen) atoms. The number of benzene rings is 1. The molecule has 114 valence electrons. The monoisotopic (exact) mass is 313 g/mol. The lowest BCUT2D eigenvalue weighted by Crippen LogP contribution is -2.02. The Balaban J connectivity index is 2.59. The molecular formula is C14H16ClNO5. The van der Waals surface area contributed by atoms with Gasteiger partial charge in [0.25, 0.3) is 5.69 Å². The lowest BCUT2D eigenvalue weighted by atomic mass is 10.1. The van der Waals surface area contributed by atoms with Crippen molar-refractivity contribution in [2.24, 2.45) is 0 Å². The van der Waals surface area contributed by atoms with E-state index in [4.69, 9.17) is 16.3 Å². The molecule has 0 aliphatic carbocycles. The van der Waals surface area contributed by atoms with Gasteiger partial charge >= 0.3 is 0 Å². The van der Waals surface area contributed by atoms with Crippen molar-refractivity contribution in [3.05, 3.63) is 33.4 Å². The molecular weight excluding hydrogens is 298 g/mol. The maximum atomic E-state index is 10.9. The Hall–Kier alpha value is -1.95. The Kier molecular flexibility index (Phi) is 6.81. The van der Waals surface area contributed by atoms with Gasteiger partial charge in [0.2, 0.25) is 5.24 Å². The van der Waals surface area contributed by atoms with E-state index >= 15 is 0 Å². The van der Waals surface area contributed by atoms with E-state index in [0.29, 0.717) is 43.5 Å². The normalized spacial score (nSPS) is 10.2. The third-order valence-electron chi connectivity index (χ3n) is 2.92. The van der Waals surface area contributed by atoms with E-state index in [0.717, 1.165) is 6.42 Å². The largest absolute Gasteiger partial charge is 0.493 e. The summed E-state index contributed by atoms with van der Waals surface area (Å²) in [5.41, 5.74) is 0.433. The molecule has 0 saturated carbocycles. The zero-order valence-electron chi connectivity index (χ0n) is 11.6. The Morgan fingerprint density at radius 1 is 1.38 bits per heavy atom. The summed E-state index contributed by atoms with van der Waals surface area (Å²) in [7, 11) is 0. The molecule has 0 atom stereocenters. The number of hydrogen-bond donors (Lipinski definition) is 0. The molecule has 7 heteroatoms. The van der Waals surface area contributed by atoms with Crippen molar-refractivity contribution in [1.82, 2.24) is 0 Å². The fourth-order valence-corrected chi connectivity index (χ4v) is 1.97. The average Bonchev–Trinajstić information content (AvgIpc) is 2.42. The molecule has 1 aromatic rings. The molecule has 0 radical (unpaired) electrons. The van der Waals surface area contributed by atoms with Crippen LogP contribution in [-0.4, -0.2) is 23.1 Å². The van der Waals surface area contributed by atoms with Gasteiger partial charge in [-0.05, 0) is 49.4 Å². The van der Waals surface area contributed by atoms with Gasteiger partial charge in [0.05, 0.1) is 23.2 Å². The van der Waals surface area contributed by atoms with Crippen molar-refractivity contribution in [3.63, 3.8) is 0 Å². The van der Waals surface area contributed by atoms with Crippen molar-refractivity contribution < 1.29 is 19.2 Å². The molecule has 0 bridgehead atoms. The van der Waals surface area contributed by atoms with Gasteiger partial charge in [0, 0.05) is 6.42 Å². The first kappa shape index (κ1) is 17.1. The van der Waals surface area contributed by atoms with E-state index in [1.807, 2.05) is 0 Å². The number of aryl methyl sites for hydroxylation is 1. The zero-order valence-corrected chi connectivity index (χ0v) is 12.4. The number of unbranched alkanes of at least 4 members (excludes halogenated alkanes) is 2. The summed E-state index contributed by atoms with van der Waals surface area (Å²) >= 11 is 5.22. The fourth-order valence-electron chi connectivity index (χ4n) is 1.83. The number of halogens is 1. The van der Waals surface area contributed by atoms with Crippen LogP contribution in [0.1, 0.15) is 41.6 Å². The van der Waals surface area contributed by atoms with Gasteiger partial charge in [-0.3, -0.25) is 19.7 Å². The van der Waals surface area contributed by atoms with Crippen molar-refractivity contribution in [3.8, 4) is 5.75 Å². The Labute approximate surface area is 127 Å². The van der Waals surface area contributed by atoms with Gasteiger partial charge in [-0.2, -0.15) is 0 Å². The van der Waals surface area contributed by atoms with Crippen LogP contribution in [0.3, 0.4) is 0 Å². The summed E-state index contributed by atoms with van der Waals surface area (Å²) in [6, 6.07) is 2.70. The van der Waals surface area contributed by atoms with Gasteiger partial charge in [0.15, 0.2) is 6.29 Å². The van der Waals surface area contributed by atoms with Crippen LogP contribution in [0.2, 0.25) is 0 Å². The van der Waals surface area contributed by atoms with Crippen molar-refractivity contribution in [2.45, 2.75) is 32.6 Å². The molecule has 0 unspecified atom stereocenters. The highest BCUT2D eigenvalue weighted by Gasteiger charge is 2.16. The first-order valence-corrected chi connectivity index (χ1v) is 6.89. The lowest BCUT2D eigenvalue weighted by Gasteiger charge is -2.09. The topological polar surface area (TPSA) is 86.5 Å². The van der Waals surface area contributed by atoms with Crippen LogP contribution in [0, 0.1) is 17.0 Å². The molecule has 0 fully saturated rings. The number of aldehydes is 1.